The summed E-state index contributed by atoms with van der Waals surface area (Å²) < 4.78 is 0. The molecule has 106 valence electrons. The topological polar surface area (TPSA) is 70.1 Å². The van der Waals surface area contributed by atoms with Crippen LogP contribution in [0.2, 0.25) is 0 Å². The average Bonchev–Trinajstić information content (AvgIpc) is 2.95. The Morgan fingerprint density at radius 1 is 1.50 bits per heavy atom. The summed E-state index contributed by atoms with van der Waals surface area (Å²) in [5.41, 5.74) is 7.32. The maximum atomic E-state index is 12.3. The molecule has 1 aliphatic rings. The molecule has 1 aliphatic heterocycles. The van der Waals surface area contributed by atoms with Gasteiger partial charge < -0.3 is 10.6 Å². The van der Waals surface area contributed by atoms with Gasteiger partial charge in [0.2, 0.25) is 5.91 Å². The first kappa shape index (κ1) is 14.5. The molecule has 20 heavy (non-hydrogen) atoms. The zero-order valence-corrected chi connectivity index (χ0v) is 11.8. The number of carbonyl (C=O) groups is 1. The quantitative estimate of drug-likeness (QED) is 0.910. The predicted octanol–water partition coefficient (Wildman–Crippen LogP) is 2.02. The van der Waals surface area contributed by atoms with Crippen molar-refractivity contribution in [1.29, 1.82) is 5.26 Å². The molecule has 1 aromatic carbocycles. The fourth-order valence-electron chi connectivity index (χ4n) is 2.70. The third-order valence-electron chi connectivity index (χ3n) is 4.10. The van der Waals surface area contributed by atoms with Crippen LogP contribution in [0.15, 0.2) is 30.3 Å². The van der Waals surface area contributed by atoms with E-state index in [-0.39, 0.29) is 23.9 Å². The molecular formula is C16H21N3O. The van der Waals surface area contributed by atoms with Crippen LogP contribution in [0.25, 0.3) is 0 Å². The van der Waals surface area contributed by atoms with Crippen LogP contribution in [-0.2, 0) is 4.79 Å². The van der Waals surface area contributed by atoms with Gasteiger partial charge in [-0.25, -0.2) is 0 Å². The summed E-state index contributed by atoms with van der Waals surface area (Å²) in [6.45, 7) is 2.72. The molecule has 2 N–H and O–H groups in total. The minimum Gasteiger partial charge on any atom is -0.327 e. The number of hydrogen-bond acceptors (Lipinski definition) is 3. The van der Waals surface area contributed by atoms with Crippen LogP contribution < -0.4 is 5.73 Å². The van der Waals surface area contributed by atoms with Crippen molar-refractivity contribution < 1.29 is 4.79 Å². The third kappa shape index (κ3) is 3.17. The van der Waals surface area contributed by atoms with Gasteiger partial charge in [0.1, 0.15) is 6.04 Å². The zero-order valence-electron chi connectivity index (χ0n) is 11.8. The molecule has 4 heteroatoms. The molecular weight excluding hydrogens is 250 g/mol. The highest BCUT2D eigenvalue weighted by Crippen LogP contribution is 2.22. The van der Waals surface area contributed by atoms with Gasteiger partial charge in [-0.15, -0.1) is 0 Å². The van der Waals surface area contributed by atoms with Gasteiger partial charge in [-0.3, -0.25) is 4.79 Å². The number of rotatable bonds is 4. The summed E-state index contributed by atoms with van der Waals surface area (Å²) in [6, 6.07) is 11.7. The molecule has 1 fully saturated rings. The maximum absolute atomic E-state index is 12.3. The predicted molar refractivity (Wildman–Crippen MR) is 77.8 cm³/mol. The molecule has 0 bridgehead atoms. The lowest BCUT2D eigenvalue weighted by Gasteiger charge is -2.24. The van der Waals surface area contributed by atoms with Gasteiger partial charge in [0.15, 0.2) is 0 Å². The van der Waals surface area contributed by atoms with E-state index in [0.29, 0.717) is 13.0 Å². The van der Waals surface area contributed by atoms with Crippen LogP contribution in [0.4, 0.5) is 0 Å². The minimum atomic E-state index is -0.262. The molecule has 0 aromatic heterocycles. The Balaban J connectivity index is 1.96. The van der Waals surface area contributed by atoms with Gasteiger partial charge in [0.25, 0.3) is 0 Å². The normalized spacial score (nSPS) is 21.2. The first-order valence-corrected chi connectivity index (χ1v) is 7.13. The van der Waals surface area contributed by atoms with Gasteiger partial charge in [-0.05, 0) is 24.3 Å². The van der Waals surface area contributed by atoms with Crippen molar-refractivity contribution in [2.75, 3.05) is 6.54 Å². The van der Waals surface area contributed by atoms with Crippen molar-refractivity contribution in [1.82, 2.24) is 4.90 Å². The number of nitriles is 1. The molecule has 0 aliphatic carbocycles. The van der Waals surface area contributed by atoms with Gasteiger partial charge >= 0.3 is 0 Å². The van der Waals surface area contributed by atoms with Gasteiger partial charge in [-0.2, -0.15) is 5.26 Å². The van der Waals surface area contributed by atoms with E-state index in [1.54, 1.807) is 4.90 Å². The Kier molecular flexibility index (Phi) is 4.75. The number of amides is 1. The Labute approximate surface area is 120 Å². The van der Waals surface area contributed by atoms with Crippen LogP contribution in [0.5, 0.6) is 0 Å². The highest BCUT2D eigenvalue weighted by molar-refractivity contribution is 5.78. The summed E-state index contributed by atoms with van der Waals surface area (Å²) >= 11 is 0. The highest BCUT2D eigenvalue weighted by Gasteiger charge is 2.30. The van der Waals surface area contributed by atoms with Crippen molar-refractivity contribution in [2.45, 2.75) is 44.2 Å². The number of nitrogens with zero attached hydrogens (tertiary/aromatic N) is 2. The molecule has 2 rings (SSSR count). The molecule has 0 saturated carbocycles. The highest BCUT2D eigenvalue weighted by atomic mass is 16.2. The third-order valence-corrected chi connectivity index (χ3v) is 4.10. The fraction of sp³-hybridized carbons (Fsp3) is 0.500. The Bertz CT molecular complexity index is 494. The van der Waals surface area contributed by atoms with Crippen LogP contribution in [-0.4, -0.2) is 29.4 Å². The maximum Gasteiger partial charge on any atom is 0.225 e. The van der Waals surface area contributed by atoms with Crippen LogP contribution >= 0.6 is 0 Å². The Hall–Kier alpha value is -1.86. The number of likely N-dealkylation sites (tertiary alicyclic amines) is 1. The van der Waals surface area contributed by atoms with E-state index < -0.39 is 0 Å². The van der Waals surface area contributed by atoms with E-state index in [0.717, 1.165) is 18.4 Å². The van der Waals surface area contributed by atoms with Crippen molar-refractivity contribution in [2.24, 2.45) is 5.73 Å². The molecule has 1 amide bonds. The van der Waals surface area contributed by atoms with Gasteiger partial charge in [0, 0.05) is 19.0 Å². The number of benzene rings is 1. The van der Waals surface area contributed by atoms with E-state index in [1.807, 2.05) is 37.3 Å². The van der Waals surface area contributed by atoms with Gasteiger partial charge in [-0.1, -0.05) is 37.3 Å². The minimum absolute atomic E-state index is 0.00401. The first-order chi connectivity index (χ1) is 9.63. The molecule has 1 saturated heterocycles. The number of nitrogens with two attached hydrogens (primary N) is 1. The molecule has 0 radical (unpaired) electrons. The Morgan fingerprint density at radius 3 is 2.85 bits per heavy atom. The molecule has 1 aromatic rings. The van der Waals surface area contributed by atoms with Crippen molar-refractivity contribution in [3.63, 3.8) is 0 Å². The van der Waals surface area contributed by atoms with Crippen LogP contribution in [0.1, 0.15) is 37.7 Å². The number of hydrogen-bond donors (Lipinski definition) is 1. The summed E-state index contributed by atoms with van der Waals surface area (Å²) in [4.78, 5) is 13.9. The van der Waals surface area contributed by atoms with Gasteiger partial charge in [0.05, 0.1) is 6.07 Å². The van der Waals surface area contributed by atoms with E-state index in [1.165, 1.54) is 0 Å². The van der Waals surface area contributed by atoms with Crippen LogP contribution in [0.3, 0.4) is 0 Å². The zero-order chi connectivity index (χ0) is 14.5. The standard InChI is InChI=1S/C16H21N3O/c1-12(13-6-3-2-4-7-13)15(18)10-16(20)19-9-5-8-14(19)11-17/h2-4,6-7,12,14-15H,5,8-10,18H2,1H3/t12-,14-,15+/m1/s1. The lowest BCUT2D eigenvalue weighted by atomic mass is 9.91. The lowest BCUT2D eigenvalue weighted by molar-refractivity contribution is -0.131. The first-order valence-electron chi connectivity index (χ1n) is 7.13. The monoisotopic (exact) mass is 271 g/mol. The molecule has 4 nitrogen and oxygen atoms in total. The lowest BCUT2D eigenvalue weighted by Crippen LogP contribution is -2.39. The molecule has 0 spiro atoms. The Morgan fingerprint density at radius 2 is 2.20 bits per heavy atom. The summed E-state index contributed by atoms with van der Waals surface area (Å²) in [7, 11) is 0. The summed E-state index contributed by atoms with van der Waals surface area (Å²) in [5, 5.41) is 9.03. The molecule has 0 unspecified atom stereocenters. The largest absolute Gasteiger partial charge is 0.327 e. The fourth-order valence-corrected chi connectivity index (χ4v) is 2.70. The second kappa shape index (κ2) is 6.53. The smallest absolute Gasteiger partial charge is 0.225 e. The summed E-state index contributed by atoms with van der Waals surface area (Å²) in [6.07, 6.45) is 1.99. The van der Waals surface area contributed by atoms with Crippen molar-refractivity contribution in [3.05, 3.63) is 35.9 Å². The second-order valence-corrected chi connectivity index (χ2v) is 5.44. The van der Waals surface area contributed by atoms with Crippen molar-refractivity contribution in [3.8, 4) is 6.07 Å². The molecule has 1 heterocycles. The SMILES string of the molecule is C[C@H](c1ccccc1)[C@@H](N)CC(=O)N1CCC[C@@H]1C#N. The number of carbonyl (C=O) groups excluding carboxylic acids is 1. The van der Waals surface area contributed by atoms with E-state index in [9.17, 15) is 4.79 Å². The molecule has 3 atom stereocenters. The van der Waals surface area contributed by atoms with E-state index in [4.69, 9.17) is 11.0 Å². The summed E-state index contributed by atoms with van der Waals surface area (Å²) in [5.74, 6) is 0.132. The van der Waals surface area contributed by atoms with Crippen molar-refractivity contribution >= 4 is 5.91 Å². The van der Waals surface area contributed by atoms with E-state index in [2.05, 4.69) is 6.07 Å². The van der Waals surface area contributed by atoms with Crippen LogP contribution in [0, 0.1) is 11.3 Å². The average molecular weight is 271 g/mol. The second-order valence-electron chi connectivity index (χ2n) is 5.44. The van der Waals surface area contributed by atoms with E-state index >= 15 is 0 Å².